The van der Waals surface area contributed by atoms with E-state index in [9.17, 15) is 9.59 Å². The van der Waals surface area contributed by atoms with Gasteiger partial charge in [-0.1, -0.05) is 12.1 Å². The van der Waals surface area contributed by atoms with Crippen LogP contribution in [0.5, 0.6) is 0 Å². The number of likely N-dealkylation sites (tertiary alicyclic amines) is 2. The van der Waals surface area contributed by atoms with Gasteiger partial charge < -0.3 is 15.1 Å². The maximum absolute atomic E-state index is 13.7. The van der Waals surface area contributed by atoms with E-state index in [4.69, 9.17) is 0 Å². The molecule has 0 spiro atoms. The molecule has 0 bridgehead atoms. The lowest BCUT2D eigenvalue weighted by molar-refractivity contribution is 0.102. The highest BCUT2D eigenvalue weighted by atomic mass is 16.2. The van der Waals surface area contributed by atoms with Gasteiger partial charge in [0.1, 0.15) is 0 Å². The van der Waals surface area contributed by atoms with E-state index >= 15 is 0 Å². The van der Waals surface area contributed by atoms with Crippen molar-refractivity contribution in [2.24, 2.45) is 5.92 Å². The van der Waals surface area contributed by atoms with Crippen LogP contribution in [-0.4, -0.2) is 59.4 Å². The predicted octanol–water partition coefficient (Wildman–Crippen LogP) is 2.54. The SMILES string of the molecule is CN1CC2CCN(C(=O)N3c4ccccc4C(=O)Nc4cccnc43)C2C1. The summed E-state index contributed by atoms with van der Waals surface area (Å²) < 4.78 is 0. The van der Waals surface area contributed by atoms with Gasteiger partial charge in [0.2, 0.25) is 0 Å². The van der Waals surface area contributed by atoms with E-state index in [0.29, 0.717) is 28.7 Å². The summed E-state index contributed by atoms with van der Waals surface area (Å²) in [5.74, 6) is 0.759. The van der Waals surface area contributed by atoms with Gasteiger partial charge in [0.15, 0.2) is 5.82 Å². The average molecular weight is 363 g/mol. The summed E-state index contributed by atoms with van der Waals surface area (Å²) >= 11 is 0. The third kappa shape index (κ3) is 2.49. The van der Waals surface area contributed by atoms with Gasteiger partial charge in [-0.25, -0.2) is 14.7 Å². The van der Waals surface area contributed by atoms with Crippen LogP contribution in [0.2, 0.25) is 0 Å². The van der Waals surface area contributed by atoms with E-state index < -0.39 is 0 Å². The first kappa shape index (κ1) is 16.3. The normalized spacial score (nSPS) is 24.1. The first-order chi connectivity index (χ1) is 13.1. The largest absolute Gasteiger partial charge is 0.330 e. The zero-order valence-corrected chi connectivity index (χ0v) is 15.1. The molecule has 5 rings (SSSR count). The molecule has 0 saturated carbocycles. The molecule has 4 heterocycles. The zero-order valence-electron chi connectivity index (χ0n) is 15.1. The lowest BCUT2D eigenvalue weighted by Crippen LogP contribution is -2.46. The molecule has 3 aliphatic heterocycles. The molecule has 2 fully saturated rings. The number of benzene rings is 1. The van der Waals surface area contributed by atoms with Crippen LogP contribution < -0.4 is 10.2 Å². The molecule has 2 unspecified atom stereocenters. The standard InChI is InChI=1S/C20H21N5O2/c1-23-11-13-8-10-24(17(13)12-23)20(27)25-16-7-3-2-5-14(16)19(26)22-15-6-4-9-21-18(15)25/h2-7,9,13,17H,8,10-12H2,1H3,(H,22,26). The van der Waals surface area contributed by atoms with Crippen molar-refractivity contribution in [1.29, 1.82) is 0 Å². The maximum atomic E-state index is 13.7. The highest BCUT2D eigenvalue weighted by molar-refractivity contribution is 6.16. The molecule has 1 aromatic heterocycles. The Morgan fingerprint density at radius 3 is 2.93 bits per heavy atom. The quantitative estimate of drug-likeness (QED) is 0.781. The molecule has 3 amide bonds. The first-order valence-electron chi connectivity index (χ1n) is 9.28. The molecule has 2 atom stereocenters. The van der Waals surface area contributed by atoms with Gasteiger partial charge in [0.25, 0.3) is 5.91 Å². The second-order valence-electron chi connectivity index (χ2n) is 7.49. The first-order valence-corrected chi connectivity index (χ1v) is 9.28. The van der Waals surface area contributed by atoms with E-state index in [1.54, 1.807) is 29.3 Å². The van der Waals surface area contributed by atoms with Gasteiger partial charge in [0, 0.05) is 25.8 Å². The minimum atomic E-state index is -0.227. The molecule has 138 valence electrons. The van der Waals surface area contributed by atoms with Crippen LogP contribution in [0.1, 0.15) is 16.8 Å². The second-order valence-corrected chi connectivity index (χ2v) is 7.49. The van der Waals surface area contributed by atoms with Crippen molar-refractivity contribution in [1.82, 2.24) is 14.8 Å². The van der Waals surface area contributed by atoms with Crippen molar-refractivity contribution in [3.8, 4) is 0 Å². The van der Waals surface area contributed by atoms with Gasteiger partial charge in [-0.05, 0) is 43.7 Å². The van der Waals surface area contributed by atoms with Crippen LogP contribution in [0, 0.1) is 5.92 Å². The number of anilines is 3. The van der Waals surface area contributed by atoms with Gasteiger partial charge >= 0.3 is 6.03 Å². The number of hydrogen-bond acceptors (Lipinski definition) is 4. The topological polar surface area (TPSA) is 68.8 Å². The molecule has 0 radical (unpaired) electrons. The van der Waals surface area contributed by atoms with E-state index in [2.05, 4.69) is 22.2 Å². The smallest absolute Gasteiger partial charge is 0.319 e. The van der Waals surface area contributed by atoms with Crippen molar-refractivity contribution in [2.75, 3.05) is 36.9 Å². The Morgan fingerprint density at radius 2 is 2.04 bits per heavy atom. The summed E-state index contributed by atoms with van der Waals surface area (Å²) in [6.45, 7) is 2.66. The van der Waals surface area contributed by atoms with Gasteiger partial charge in [-0.3, -0.25) is 4.79 Å². The van der Waals surface area contributed by atoms with Gasteiger partial charge in [-0.15, -0.1) is 0 Å². The lowest BCUT2D eigenvalue weighted by Gasteiger charge is -2.31. The summed E-state index contributed by atoms with van der Waals surface area (Å²) in [6.07, 6.45) is 2.66. The Hall–Kier alpha value is -2.93. The maximum Gasteiger partial charge on any atom is 0.330 e. The number of nitrogens with zero attached hydrogens (tertiary/aromatic N) is 4. The van der Waals surface area contributed by atoms with E-state index in [1.807, 2.05) is 23.1 Å². The Morgan fingerprint density at radius 1 is 1.19 bits per heavy atom. The number of carbonyl (C=O) groups excluding carboxylic acids is 2. The number of amides is 3. The fraction of sp³-hybridized carbons (Fsp3) is 0.350. The van der Waals surface area contributed by atoms with Crippen LogP contribution in [0.25, 0.3) is 0 Å². The minimum absolute atomic E-state index is 0.110. The molecule has 27 heavy (non-hydrogen) atoms. The zero-order chi connectivity index (χ0) is 18.5. The van der Waals surface area contributed by atoms with Crippen LogP contribution in [0.15, 0.2) is 42.6 Å². The fourth-order valence-corrected chi connectivity index (χ4v) is 4.57. The molecule has 2 saturated heterocycles. The number of rotatable bonds is 0. The predicted molar refractivity (Wildman–Crippen MR) is 102 cm³/mol. The second kappa shape index (κ2) is 6.06. The number of para-hydroxylation sites is 1. The number of nitrogens with one attached hydrogen (secondary N) is 1. The molecule has 1 N–H and O–H groups in total. The molecule has 7 heteroatoms. The summed E-state index contributed by atoms with van der Waals surface area (Å²) in [6, 6.07) is 10.9. The van der Waals surface area contributed by atoms with Gasteiger partial charge in [0.05, 0.1) is 23.0 Å². The summed E-state index contributed by atoms with van der Waals surface area (Å²) in [5.41, 5.74) is 1.60. The third-order valence-corrected chi connectivity index (χ3v) is 5.80. The molecule has 1 aromatic carbocycles. The monoisotopic (exact) mass is 363 g/mol. The Balaban J connectivity index is 1.62. The molecule has 2 aromatic rings. The highest BCUT2D eigenvalue weighted by Gasteiger charge is 2.45. The van der Waals surface area contributed by atoms with Crippen LogP contribution in [0.4, 0.5) is 22.0 Å². The highest BCUT2D eigenvalue weighted by Crippen LogP contribution is 2.39. The minimum Gasteiger partial charge on any atom is -0.319 e. The number of aromatic nitrogens is 1. The molecular weight excluding hydrogens is 342 g/mol. The number of hydrogen-bond donors (Lipinski definition) is 1. The number of pyridine rings is 1. The van der Waals surface area contributed by atoms with Crippen molar-refractivity contribution < 1.29 is 9.59 Å². The number of urea groups is 1. The molecule has 3 aliphatic rings. The van der Waals surface area contributed by atoms with Crippen molar-refractivity contribution >= 4 is 29.1 Å². The number of fused-ring (bicyclic) bond motifs is 3. The van der Waals surface area contributed by atoms with Crippen molar-refractivity contribution in [2.45, 2.75) is 12.5 Å². The van der Waals surface area contributed by atoms with Crippen molar-refractivity contribution in [3.63, 3.8) is 0 Å². The van der Waals surface area contributed by atoms with E-state index in [-0.39, 0.29) is 18.0 Å². The van der Waals surface area contributed by atoms with Crippen LogP contribution >= 0.6 is 0 Å². The molecule has 7 nitrogen and oxygen atoms in total. The van der Waals surface area contributed by atoms with Crippen LogP contribution in [0.3, 0.4) is 0 Å². The van der Waals surface area contributed by atoms with Crippen molar-refractivity contribution in [3.05, 3.63) is 48.2 Å². The van der Waals surface area contributed by atoms with E-state index in [0.717, 1.165) is 26.1 Å². The summed E-state index contributed by atoms with van der Waals surface area (Å²) in [5, 5.41) is 2.89. The Labute approximate surface area is 157 Å². The molecular formula is C20H21N5O2. The average Bonchev–Trinajstić information content (AvgIpc) is 3.18. The lowest BCUT2D eigenvalue weighted by atomic mass is 10.1. The van der Waals surface area contributed by atoms with Crippen LogP contribution in [-0.2, 0) is 0 Å². The Kier molecular flexibility index (Phi) is 3.65. The molecule has 0 aliphatic carbocycles. The summed E-state index contributed by atoms with van der Waals surface area (Å²) in [4.78, 5) is 36.7. The summed E-state index contributed by atoms with van der Waals surface area (Å²) in [7, 11) is 2.10. The number of carbonyl (C=O) groups is 2. The van der Waals surface area contributed by atoms with Gasteiger partial charge in [-0.2, -0.15) is 0 Å². The third-order valence-electron chi connectivity index (χ3n) is 5.80. The fourth-order valence-electron chi connectivity index (χ4n) is 4.57. The number of likely N-dealkylation sites (N-methyl/N-ethyl adjacent to an activating group) is 1. The Bertz CT molecular complexity index is 930. The van der Waals surface area contributed by atoms with E-state index in [1.165, 1.54) is 0 Å².